The van der Waals surface area contributed by atoms with Crippen LogP contribution >= 0.6 is 0 Å². The van der Waals surface area contributed by atoms with E-state index in [2.05, 4.69) is 10.3 Å². The molecule has 5 nitrogen and oxygen atoms in total. The van der Waals surface area contributed by atoms with Crippen LogP contribution in [-0.2, 0) is 4.74 Å². The van der Waals surface area contributed by atoms with E-state index in [0.29, 0.717) is 6.54 Å². The standard InChI is InChI=1S/C16H24N2O3/c1-10-6-7-13-14(18-10)12(8-11(2)20-13)9-17-15(19)21-16(3,4)5/h6-7,11-12H,8-9H2,1-5H3,(H,17,19)/t11-,12+/m1/s1. The molecule has 116 valence electrons. The first-order chi connectivity index (χ1) is 9.74. The number of rotatable bonds is 2. The number of nitrogens with one attached hydrogen (secondary N) is 1. The highest BCUT2D eigenvalue weighted by molar-refractivity contribution is 5.67. The summed E-state index contributed by atoms with van der Waals surface area (Å²) in [5.74, 6) is 0.964. The lowest BCUT2D eigenvalue weighted by molar-refractivity contribution is 0.0517. The van der Waals surface area contributed by atoms with Gasteiger partial charge in [-0.05, 0) is 53.2 Å². The van der Waals surface area contributed by atoms with Gasteiger partial charge in [0.05, 0.1) is 11.8 Å². The molecule has 2 heterocycles. The van der Waals surface area contributed by atoms with Gasteiger partial charge in [-0.2, -0.15) is 0 Å². The van der Waals surface area contributed by atoms with Crippen molar-refractivity contribution in [3.8, 4) is 5.75 Å². The van der Waals surface area contributed by atoms with Gasteiger partial charge in [0, 0.05) is 18.2 Å². The van der Waals surface area contributed by atoms with Gasteiger partial charge in [0.25, 0.3) is 0 Å². The smallest absolute Gasteiger partial charge is 0.407 e. The van der Waals surface area contributed by atoms with Crippen molar-refractivity contribution >= 4 is 6.09 Å². The Morgan fingerprint density at radius 3 is 2.86 bits per heavy atom. The zero-order valence-corrected chi connectivity index (χ0v) is 13.4. The number of fused-ring (bicyclic) bond motifs is 1. The molecule has 1 aliphatic rings. The summed E-state index contributed by atoms with van der Waals surface area (Å²) in [6.07, 6.45) is 0.558. The first-order valence-electron chi connectivity index (χ1n) is 7.35. The van der Waals surface area contributed by atoms with Crippen molar-refractivity contribution in [1.29, 1.82) is 0 Å². The SMILES string of the molecule is Cc1ccc2c(n1)[C@H](CNC(=O)OC(C)(C)C)C[C@@H](C)O2. The summed E-state index contributed by atoms with van der Waals surface area (Å²) in [6.45, 7) is 10.0. The molecule has 0 bridgehead atoms. The molecule has 1 N–H and O–H groups in total. The maximum Gasteiger partial charge on any atom is 0.407 e. The number of pyridine rings is 1. The molecule has 1 amide bonds. The third kappa shape index (κ3) is 4.34. The predicted octanol–water partition coefficient (Wildman–Crippen LogP) is 3.17. The van der Waals surface area contributed by atoms with Gasteiger partial charge in [-0.1, -0.05) is 0 Å². The van der Waals surface area contributed by atoms with E-state index in [4.69, 9.17) is 9.47 Å². The molecular formula is C16H24N2O3. The van der Waals surface area contributed by atoms with Crippen molar-refractivity contribution < 1.29 is 14.3 Å². The van der Waals surface area contributed by atoms with Crippen LogP contribution in [0.1, 0.15) is 51.4 Å². The van der Waals surface area contributed by atoms with Crippen LogP contribution < -0.4 is 10.1 Å². The quantitative estimate of drug-likeness (QED) is 0.909. The maximum absolute atomic E-state index is 11.8. The van der Waals surface area contributed by atoms with Gasteiger partial charge in [-0.15, -0.1) is 0 Å². The van der Waals surface area contributed by atoms with Crippen molar-refractivity contribution in [3.63, 3.8) is 0 Å². The molecule has 0 aromatic carbocycles. The molecule has 1 aromatic heterocycles. The molecule has 2 atom stereocenters. The van der Waals surface area contributed by atoms with Crippen molar-refractivity contribution in [2.24, 2.45) is 0 Å². The zero-order valence-electron chi connectivity index (χ0n) is 13.4. The number of ether oxygens (including phenoxy) is 2. The first-order valence-corrected chi connectivity index (χ1v) is 7.35. The number of hydrogen-bond donors (Lipinski definition) is 1. The molecule has 0 aliphatic carbocycles. The fraction of sp³-hybridized carbons (Fsp3) is 0.625. The van der Waals surface area contributed by atoms with E-state index < -0.39 is 11.7 Å². The molecule has 0 fully saturated rings. The highest BCUT2D eigenvalue weighted by Gasteiger charge is 2.28. The number of nitrogens with zero attached hydrogens (tertiary/aromatic N) is 1. The monoisotopic (exact) mass is 292 g/mol. The van der Waals surface area contributed by atoms with Gasteiger partial charge < -0.3 is 14.8 Å². The minimum atomic E-state index is -0.486. The molecular weight excluding hydrogens is 268 g/mol. The highest BCUT2D eigenvalue weighted by Crippen LogP contribution is 2.34. The molecule has 21 heavy (non-hydrogen) atoms. The summed E-state index contributed by atoms with van der Waals surface area (Å²) in [5, 5.41) is 2.83. The molecule has 0 unspecified atom stereocenters. The van der Waals surface area contributed by atoms with E-state index >= 15 is 0 Å². The Balaban J connectivity index is 2.04. The van der Waals surface area contributed by atoms with E-state index in [1.54, 1.807) is 0 Å². The average Bonchev–Trinajstić information content (AvgIpc) is 2.34. The van der Waals surface area contributed by atoms with E-state index in [1.165, 1.54) is 0 Å². The molecule has 0 spiro atoms. The molecule has 1 aliphatic heterocycles. The third-order valence-electron chi connectivity index (χ3n) is 3.25. The number of amides is 1. The van der Waals surface area contributed by atoms with Gasteiger partial charge in [-0.25, -0.2) is 4.79 Å². The summed E-state index contributed by atoms with van der Waals surface area (Å²) in [7, 11) is 0. The fourth-order valence-corrected chi connectivity index (χ4v) is 2.43. The summed E-state index contributed by atoms with van der Waals surface area (Å²) in [4.78, 5) is 16.3. The summed E-state index contributed by atoms with van der Waals surface area (Å²) in [5.41, 5.74) is 1.39. The number of hydrogen-bond acceptors (Lipinski definition) is 4. The Morgan fingerprint density at radius 1 is 1.48 bits per heavy atom. The lowest BCUT2D eigenvalue weighted by Crippen LogP contribution is -2.37. The van der Waals surface area contributed by atoms with Crippen LogP contribution in [0, 0.1) is 6.92 Å². The Hall–Kier alpha value is -1.78. The Labute approximate surface area is 126 Å². The Morgan fingerprint density at radius 2 is 2.19 bits per heavy atom. The average molecular weight is 292 g/mol. The number of carbonyl (C=O) groups excluding carboxylic acids is 1. The number of alkyl carbamates (subject to hydrolysis) is 1. The van der Waals surface area contributed by atoms with Gasteiger partial charge >= 0.3 is 6.09 Å². The lowest BCUT2D eigenvalue weighted by atomic mass is 9.94. The second kappa shape index (κ2) is 5.92. The number of aryl methyl sites for hydroxylation is 1. The van der Waals surface area contributed by atoms with Crippen LogP contribution in [-0.4, -0.2) is 29.3 Å². The second-order valence-electron chi connectivity index (χ2n) is 6.58. The summed E-state index contributed by atoms with van der Waals surface area (Å²) < 4.78 is 11.1. The zero-order chi connectivity index (χ0) is 15.6. The van der Waals surface area contributed by atoms with Crippen molar-refractivity contribution in [2.45, 2.75) is 58.7 Å². The number of aromatic nitrogens is 1. The molecule has 0 radical (unpaired) electrons. The van der Waals surface area contributed by atoms with Crippen LogP contribution in [0.25, 0.3) is 0 Å². The van der Waals surface area contributed by atoms with Crippen molar-refractivity contribution in [2.75, 3.05) is 6.54 Å². The van der Waals surface area contributed by atoms with Crippen molar-refractivity contribution in [1.82, 2.24) is 10.3 Å². The molecule has 0 saturated heterocycles. The van der Waals surface area contributed by atoms with E-state index in [-0.39, 0.29) is 12.0 Å². The minimum Gasteiger partial charge on any atom is -0.489 e. The first kappa shape index (κ1) is 15.6. The largest absolute Gasteiger partial charge is 0.489 e. The van der Waals surface area contributed by atoms with Gasteiger partial charge in [0.1, 0.15) is 11.4 Å². The molecule has 1 aromatic rings. The summed E-state index contributed by atoms with van der Waals surface area (Å²) in [6, 6.07) is 3.89. The van der Waals surface area contributed by atoms with Crippen molar-refractivity contribution in [3.05, 3.63) is 23.5 Å². The maximum atomic E-state index is 11.8. The molecule has 5 heteroatoms. The normalized spacial score (nSPS) is 21.2. The fourth-order valence-electron chi connectivity index (χ4n) is 2.43. The summed E-state index contributed by atoms with van der Waals surface area (Å²) >= 11 is 0. The van der Waals surface area contributed by atoms with Gasteiger partial charge in [-0.3, -0.25) is 4.98 Å². The van der Waals surface area contributed by atoms with E-state index in [1.807, 2.05) is 46.8 Å². The van der Waals surface area contributed by atoms with Crippen LogP contribution in [0.3, 0.4) is 0 Å². The Kier molecular flexibility index (Phi) is 4.40. The van der Waals surface area contributed by atoms with Crippen LogP contribution in [0.4, 0.5) is 4.79 Å². The minimum absolute atomic E-state index is 0.118. The lowest BCUT2D eigenvalue weighted by Gasteiger charge is -2.30. The van der Waals surface area contributed by atoms with Crippen LogP contribution in [0.2, 0.25) is 0 Å². The van der Waals surface area contributed by atoms with Crippen LogP contribution in [0.5, 0.6) is 5.75 Å². The number of carbonyl (C=O) groups is 1. The highest BCUT2D eigenvalue weighted by atomic mass is 16.6. The predicted molar refractivity (Wildman–Crippen MR) is 80.7 cm³/mol. The Bertz CT molecular complexity index is 523. The topological polar surface area (TPSA) is 60.5 Å². The molecule has 0 saturated carbocycles. The van der Waals surface area contributed by atoms with Crippen LogP contribution in [0.15, 0.2) is 12.1 Å². The van der Waals surface area contributed by atoms with E-state index in [0.717, 1.165) is 23.6 Å². The van der Waals surface area contributed by atoms with E-state index in [9.17, 15) is 4.79 Å². The van der Waals surface area contributed by atoms with Gasteiger partial charge in [0.2, 0.25) is 0 Å². The third-order valence-corrected chi connectivity index (χ3v) is 3.25. The van der Waals surface area contributed by atoms with Gasteiger partial charge in [0.15, 0.2) is 0 Å². The second-order valence-corrected chi connectivity index (χ2v) is 6.58. The molecule has 2 rings (SSSR count).